The van der Waals surface area contributed by atoms with Gasteiger partial charge >= 0.3 is 5.97 Å². The van der Waals surface area contributed by atoms with E-state index in [9.17, 15) is 4.79 Å². The summed E-state index contributed by atoms with van der Waals surface area (Å²) in [6.07, 6.45) is 3.92. The predicted molar refractivity (Wildman–Crippen MR) is 144 cm³/mol. The van der Waals surface area contributed by atoms with Gasteiger partial charge < -0.3 is 4.74 Å². The van der Waals surface area contributed by atoms with E-state index in [-0.39, 0.29) is 11.7 Å². The maximum absolute atomic E-state index is 12.8. The maximum Gasteiger partial charge on any atom is 0.365 e. The van der Waals surface area contributed by atoms with Gasteiger partial charge in [-0.25, -0.2) is 14.8 Å². The van der Waals surface area contributed by atoms with Gasteiger partial charge in [-0.1, -0.05) is 53.5 Å². The van der Waals surface area contributed by atoms with E-state index >= 15 is 0 Å². The standard InChI is InChI=1S/C26H20Cl2N4O2S/c1-2-34-25(33)24-30-32(22-14-12-20(28)13-15-22)26(35-24)17-16-23(18-8-10-19(27)11-9-18)29-31(26)21-6-4-3-5-7-21/h3-17H,2H2,1H3. The van der Waals surface area contributed by atoms with Crippen LogP contribution in [0.5, 0.6) is 0 Å². The summed E-state index contributed by atoms with van der Waals surface area (Å²) in [5.41, 5.74) is 3.23. The number of carbonyl (C=O) groups excluding carboxylic acids is 1. The minimum atomic E-state index is -0.993. The molecule has 0 N–H and O–H groups in total. The highest BCUT2D eigenvalue weighted by Crippen LogP contribution is 2.48. The number of allylic oxidation sites excluding steroid dienone is 1. The monoisotopic (exact) mass is 522 g/mol. The number of rotatable bonds is 5. The molecular formula is C26H20Cl2N4O2S. The molecule has 1 spiro atoms. The van der Waals surface area contributed by atoms with Crippen LogP contribution in [0.25, 0.3) is 0 Å². The molecule has 9 heteroatoms. The summed E-state index contributed by atoms with van der Waals surface area (Å²) in [6.45, 7) is 2.02. The zero-order valence-electron chi connectivity index (χ0n) is 18.6. The zero-order chi connectivity index (χ0) is 24.4. The molecule has 2 aliphatic heterocycles. The second kappa shape index (κ2) is 9.77. The third-order valence-corrected chi connectivity index (χ3v) is 7.10. The summed E-state index contributed by atoms with van der Waals surface area (Å²) >= 11 is 13.5. The fraction of sp³-hybridized carbons (Fsp3) is 0.115. The number of ether oxygens (including phenoxy) is 1. The molecule has 2 heterocycles. The Morgan fingerprint density at radius 2 is 1.49 bits per heavy atom. The maximum atomic E-state index is 12.8. The molecule has 0 radical (unpaired) electrons. The largest absolute Gasteiger partial charge is 0.461 e. The lowest BCUT2D eigenvalue weighted by atomic mass is 10.1. The van der Waals surface area contributed by atoms with Crippen molar-refractivity contribution in [3.63, 3.8) is 0 Å². The molecule has 35 heavy (non-hydrogen) atoms. The normalized spacial score (nSPS) is 19.1. The first-order chi connectivity index (χ1) is 17.0. The van der Waals surface area contributed by atoms with Crippen molar-refractivity contribution in [2.45, 2.75) is 11.9 Å². The number of esters is 1. The van der Waals surface area contributed by atoms with Crippen LogP contribution in [0.15, 0.2) is 101 Å². The minimum Gasteiger partial charge on any atom is -0.461 e. The molecule has 0 fully saturated rings. The number of hydrogen-bond donors (Lipinski definition) is 0. The van der Waals surface area contributed by atoms with Crippen LogP contribution >= 0.6 is 35.0 Å². The predicted octanol–water partition coefficient (Wildman–Crippen LogP) is 6.56. The molecule has 1 atom stereocenters. The van der Waals surface area contributed by atoms with Gasteiger partial charge in [0.05, 0.1) is 23.7 Å². The zero-order valence-corrected chi connectivity index (χ0v) is 21.0. The quantitative estimate of drug-likeness (QED) is 0.355. The Balaban J connectivity index is 1.65. The van der Waals surface area contributed by atoms with Crippen molar-refractivity contribution in [3.05, 3.63) is 107 Å². The van der Waals surface area contributed by atoms with E-state index in [4.69, 9.17) is 33.0 Å². The van der Waals surface area contributed by atoms with Gasteiger partial charge in [-0.2, -0.15) is 10.2 Å². The number of benzene rings is 3. The lowest BCUT2D eigenvalue weighted by molar-refractivity contribution is -0.134. The minimum absolute atomic E-state index is 0.234. The Labute approximate surface area is 217 Å². The van der Waals surface area contributed by atoms with Crippen LogP contribution in [0.2, 0.25) is 10.0 Å². The lowest BCUT2D eigenvalue weighted by Gasteiger charge is -2.43. The second-order valence-corrected chi connectivity index (χ2v) is 9.71. The highest BCUT2D eigenvalue weighted by molar-refractivity contribution is 8.17. The molecule has 2 aliphatic rings. The number of anilines is 2. The van der Waals surface area contributed by atoms with Crippen LogP contribution in [0.4, 0.5) is 11.4 Å². The number of carbonyl (C=O) groups is 1. The number of halogens is 2. The van der Waals surface area contributed by atoms with Crippen molar-refractivity contribution in [1.82, 2.24) is 0 Å². The number of hydrogen-bond acceptors (Lipinski definition) is 7. The molecule has 5 rings (SSSR count). The van der Waals surface area contributed by atoms with Crippen molar-refractivity contribution in [2.75, 3.05) is 16.6 Å². The van der Waals surface area contributed by atoms with Gasteiger partial charge in [0, 0.05) is 15.6 Å². The third kappa shape index (κ3) is 4.55. The van der Waals surface area contributed by atoms with E-state index in [0.717, 1.165) is 22.6 Å². The molecule has 176 valence electrons. The molecule has 6 nitrogen and oxygen atoms in total. The van der Waals surface area contributed by atoms with Gasteiger partial charge in [0.15, 0.2) is 0 Å². The number of hydrazone groups is 2. The number of thioether (sulfide) groups is 1. The molecular weight excluding hydrogens is 503 g/mol. The topological polar surface area (TPSA) is 57.5 Å². The van der Waals surface area contributed by atoms with Crippen molar-refractivity contribution < 1.29 is 9.53 Å². The number of nitrogens with zero attached hydrogens (tertiary/aromatic N) is 4. The average molecular weight is 523 g/mol. The van der Waals surface area contributed by atoms with Crippen LogP contribution in [0, 0.1) is 0 Å². The third-order valence-electron chi connectivity index (χ3n) is 5.37. The molecule has 3 aromatic rings. The van der Waals surface area contributed by atoms with Gasteiger partial charge in [-0.05, 0) is 79.4 Å². The summed E-state index contributed by atoms with van der Waals surface area (Å²) in [5.74, 6) is -0.484. The van der Waals surface area contributed by atoms with Crippen LogP contribution in [0.3, 0.4) is 0 Å². The van der Waals surface area contributed by atoms with Crippen LogP contribution in [0.1, 0.15) is 12.5 Å². The van der Waals surface area contributed by atoms with E-state index < -0.39 is 11.0 Å². The summed E-state index contributed by atoms with van der Waals surface area (Å²) in [4.78, 5) is 11.8. The first-order valence-corrected chi connectivity index (χ1v) is 12.5. The number of para-hydroxylation sites is 1. The lowest BCUT2D eigenvalue weighted by Crippen LogP contribution is -2.53. The van der Waals surface area contributed by atoms with Gasteiger partial charge in [0.2, 0.25) is 10.0 Å². The highest BCUT2D eigenvalue weighted by Gasteiger charge is 2.51. The van der Waals surface area contributed by atoms with Crippen LogP contribution in [-0.2, 0) is 9.53 Å². The summed E-state index contributed by atoms with van der Waals surface area (Å²) in [7, 11) is 0. The Bertz CT molecular complexity index is 1330. The molecule has 3 aromatic carbocycles. The first-order valence-electron chi connectivity index (χ1n) is 10.9. The highest BCUT2D eigenvalue weighted by atomic mass is 35.5. The summed E-state index contributed by atoms with van der Waals surface area (Å²) in [5, 5.41) is 14.8. The summed E-state index contributed by atoms with van der Waals surface area (Å²) < 4.78 is 5.28. The fourth-order valence-electron chi connectivity index (χ4n) is 3.76. The second-order valence-electron chi connectivity index (χ2n) is 7.65. The Hall–Kier alpha value is -3.26. The van der Waals surface area contributed by atoms with Crippen molar-refractivity contribution in [1.29, 1.82) is 0 Å². The van der Waals surface area contributed by atoms with Gasteiger partial charge in [0.25, 0.3) is 0 Å². The van der Waals surface area contributed by atoms with E-state index in [2.05, 4.69) is 5.10 Å². The Kier molecular flexibility index (Phi) is 6.56. The molecule has 0 bridgehead atoms. The van der Waals surface area contributed by atoms with Gasteiger partial charge in [-0.15, -0.1) is 0 Å². The Morgan fingerprint density at radius 3 is 2.14 bits per heavy atom. The van der Waals surface area contributed by atoms with Crippen molar-refractivity contribution >= 4 is 63.1 Å². The SMILES string of the molecule is CCOC(=O)C1=NN(c2ccc(Cl)cc2)C2(C=CC(c3ccc(Cl)cc3)=NN2c2ccccc2)S1. The van der Waals surface area contributed by atoms with Crippen molar-refractivity contribution in [2.24, 2.45) is 10.2 Å². The first kappa shape index (κ1) is 23.5. The Morgan fingerprint density at radius 1 is 0.886 bits per heavy atom. The van der Waals surface area contributed by atoms with E-state index in [1.807, 2.05) is 83.9 Å². The molecule has 0 aliphatic carbocycles. The molecule has 0 amide bonds. The molecule has 0 aromatic heterocycles. The van der Waals surface area contributed by atoms with Crippen LogP contribution < -0.4 is 10.0 Å². The van der Waals surface area contributed by atoms with Crippen molar-refractivity contribution in [3.8, 4) is 0 Å². The van der Waals surface area contributed by atoms with Gasteiger partial charge in [-0.3, -0.25) is 0 Å². The molecule has 0 saturated heterocycles. The van der Waals surface area contributed by atoms with E-state index in [1.165, 1.54) is 11.8 Å². The summed E-state index contributed by atoms with van der Waals surface area (Å²) in [6, 6.07) is 24.6. The smallest absolute Gasteiger partial charge is 0.365 e. The van der Waals surface area contributed by atoms with E-state index in [0.29, 0.717) is 10.0 Å². The average Bonchev–Trinajstić information content (AvgIpc) is 3.26. The van der Waals surface area contributed by atoms with Crippen LogP contribution in [-0.4, -0.2) is 28.3 Å². The van der Waals surface area contributed by atoms with E-state index in [1.54, 1.807) is 24.1 Å². The fourth-order valence-corrected chi connectivity index (χ4v) is 5.17. The van der Waals surface area contributed by atoms with Gasteiger partial charge in [0.1, 0.15) is 0 Å². The molecule has 0 saturated carbocycles. The molecule has 1 unspecified atom stereocenters.